The molecule has 0 aliphatic heterocycles. The van der Waals surface area contributed by atoms with E-state index in [0.29, 0.717) is 0 Å². The first-order chi connectivity index (χ1) is 12.3. The number of aryl methyl sites for hydroxylation is 1. The lowest BCUT2D eigenvalue weighted by Crippen LogP contribution is -2.37. The molecule has 0 saturated carbocycles. The molecule has 0 aliphatic carbocycles. The van der Waals surface area contributed by atoms with E-state index in [9.17, 15) is 0 Å². The largest absolute Gasteiger partial charge is 0.256 e. The molecule has 2 aromatic rings. The Morgan fingerprint density at radius 2 is 1.48 bits per heavy atom. The summed E-state index contributed by atoms with van der Waals surface area (Å²) < 4.78 is 4.98. The van der Waals surface area contributed by atoms with Crippen molar-refractivity contribution in [1.82, 2.24) is 4.57 Å². The van der Waals surface area contributed by atoms with Gasteiger partial charge in [-0.2, -0.15) is 0 Å². The van der Waals surface area contributed by atoms with Crippen molar-refractivity contribution in [3.63, 3.8) is 0 Å². The van der Waals surface area contributed by atoms with Crippen LogP contribution in [0, 0.1) is 0 Å². The van der Waals surface area contributed by atoms with Gasteiger partial charge in [-0.3, -0.25) is 0 Å². The third-order valence-electron chi connectivity index (χ3n) is 5.04. The van der Waals surface area contributed by atoms with Crippen molar-refractivity contribution in [2.75, 3.05) is 0 Å². The van der Waals surface area contributed by atoms with Gasteiger partial charge in [0, 0.05) is 6.42 Å². The van der Waals surface area contributed by atoms with E-state index in [4.69, 9.17) is 0 Å². The van der Waals surface area contributed by atoms with E-state index < -0.39 is 0 Å². The molecule has 2 heteroatoms. The van der Waals surface area contributed by atoms with Crippen LogP contribution >= 0.6 is 0 Å². The van der Waals surface area contributed by atoms with Gasteiger partial charge in [-0.1, -0.05) is 82.7 Å². The van der Waals surface area contributed by atoms with Crippen molar-refractivity contribution >= 4 is 0 Å². The average Bonchev–Trinajstić information content (AvgIpc) is 3.01. The number of hydrogen-bond acceptors (Lipinski definition) is 0. The molecule has 0 bridgehead atoms. The van der Waals surface area contributed by atoms with Gasteiger partial charge in [-0.25, -0.2) is 9.13 Å². The average molecular weight is 342 g/mol. The van der Waals surface area contributed by atoms with Crippen LogP contribution in [0.1, 0.15) is 83.0 Å². The Hall–Kier alpha value is -1.57. The number of imidazole rings is 1. The SMILES string of the molecule is CCCCCCCc1n(CCCCCC)cc[n+]1Cc1ccccc1. The maximum atomic E-state index is 2.51. The minimum atomic E-state index is 0.993. The lowest BCUT2D eigenvalue weighted by molar-refractivity contribution is -0.695. The Bertz CT molecular complexity index is 571. The molecule has 0 N–H and O–H groups in total. The first-order valence-corrected chi connectivity index (χ1v) is 10.5. The highest BCUT2D eigenvalue weighted by Gasteiger charge is 2.16. The molecule has 1 aromatic carbocycles. The summed E-state index contributed by atoms with van der Waals surface area (Å²) >= 11 is 0. The quantitative estimate of drug-likeness (QED) is 0.316. The zero-order valence-electron chi connectivity index (χ0n) is 16.4. The zero-order valence-corrected chi connectivity index (χ0v) is 16.4. The van der Waals surface area contributed by atoms with Gasteiger partial charge in [-0.05, 0) is 24.8 Å². The smallest absolute Gasteiger partial charge is 0.234 e. The Morgan fingerprint density at radius 1 is 0.800 bits per heavy atom. The molecule has 0 fully saturated rings. The first-order valence-electron chi connectivity index (χ1n) is 10.5. The third-order valence-corrected chi connectivity index (χ3v) is 5.04. The third kappa shape index (κ3) is 7.05. The number of rotatable bonds is 13. The van der Waals surface area contributed by atoms with Crippen LogP contribution in [0.5, 0.6) is 0 Å². The second kappa shape index (κ2) is 11.9. The lowest BCUT2D eigenvalue weighted by atomic mass is 10.1. The van der Waals surface area contributed by atoms with Crippen molar-refractivity contribution < 1.29 is 4.57 Å². The number of unbranched alkanes of at least 4 members (excludes halogenated alkanes) is 7. The van der Waals surface area contributed by atoms with Crippen LogP contribution in [-0.2, 0) is 19.5 Å². The minimum Gasteiger partial charge on any atom is -0.234 e. The fourth-order valence-electron chi connectivity index (χ4n) is 3.51. The number of hydrogen-bond donors (Lipinski definition) is 0. The van der Waals surface area contributed by atoms with Gasteiger partial charge in [0.2, 0.25) is 0 Å². The van der Waals surface area contributed by atoms with E-state index in [2.05, 4.69) is 65.7 Å². The Balaban J connectivity index is 1.99. The van der Waals surface area contributed by atoms with Gasteiger partial charge in [0.05, 0.1) is 6.54 Å². The second-order valence-electron chi connectivity index (χ2n) is 7.25. The topological polar surface area (TPSA) is 8.81 Å². The summed E-state index contributed by atoms with van der Waals surface area (Å²) in [6, 6.07) is 10.8. The monoisotopic (exact) mass is 341 g/mol. The van der Waals surface area contributed by atoms with Crippen molar-refractivity contribution in [3.8, 4) is 0 Å². The molecular weight excluding hydrogens is 304 g/mol. The summed E-state index contributed by atoms with van der Waals surface area (Å²) in [5.41, 5.74) is 1.39. The minimum absolute atomic E-state index is 0.993. The highest BCUT2D eigenvalue weighted by Crippen LogP contribution is 2.10. The summed E-state index contributed by atoms with van der Waals surface area (Å²) in [5.74, 6) is 1.51. The van der Waals surface area contributed by atoms with Crippen LogP contribution in [0.3, 0.4) is 0 Å². The first kappa shape index (κ1) is 19.8. The van der Waals surface area contributed by atoms with Gasteiger partial charge in [0.15, 0.2) is 0 Å². The van der Waals surface area contributed by atoms with Crippen LogP contribution in [0.15, 0.2) is 42.7 Å². The molecule has 1 aromatic heterocycles. The molecule has 0 spiro atoms. The highest BCUT2D eigenvalue weighted by molar-refractivity contribution is 5.13. The fourth-order valence-corrected chi connectivity index (χ4v) is 3.51. The van der Waals surface area contributed by atoms with E-state index in [0.717, 1.165) is 6.54 Å². The van der Waals surface area contributed by atoms with E-state index in [1.54, 1.807) is 0 Å². The molecule has 138 valence electrons. The van der Waals surface area contributed by atoms with Crippen molar-refractivity contribution in [1.29, 1.82) is 0 Å². The molecule has 0 radical (unpaired) electrons. The molecule has 25 heavy (non-hydrogen) atoms. The van der Waals surface area contributed by atoms with Gasteiger partial charge in [-0.15, -0.1) is 0 Å². The molecule has 0 unspecified atom stereocenters. The normalized spacial score (nSPS) is 11.1. The van der Waals surface area contributed by atoms with Crippen LogP contribution in [0.4, 0.5) is 0 Å². The fraction of sp³-hybridized carbons (Fsp3) is 0.609. The van der Waals surface area contributed by atoms with E-state index >= 15 is 0 Å². The molecule has 2 nitrogen and oxygen atoms in total. The van der Waals surface area contributed by atoms with E-state index in [1.165, 1.54) is 82.1 Å². The van der Waals surface area contributed by atoms with Gasteiger partial charge in [0.1, 0.15) is 18.9 Å². The number of nitrogens with zero attached hydrogens (tertiary/aromatic N) is 2. The summed E-state index contributed by atoms with van der Waals surface area (Å²) in [6.45, 7) is 6.74. The molecule has 2 rings (SSSR count). The van der Waals surface area contributed by atoms with Crippen LogP contribution in [0.2, 0.25) is 0 Å². The van der Waals surface area contributed by atoms with Crippen molar-refractivity contribution in [2.24, 2.45) is 0 Å². The Kier molecular flexibility index (Phi) is 9.40. The van der Waals surface area contributed by atoms with Crippen molar-refractivity contribution in [2.45, 2.75) is 91.1 Å². The predicted octanol–water partition coefficient (Wildman–Crippen LogP) is 5.92. The number of benzene rings is 1. The molecule has 0 amide bonds. The highest BCUT2D eigenvalue weighted by atomic mass is 15.1. The van der Waals surface area contributed by atoms with E-state index in [1.807, 2.05) is 0 Å². The summed E-state index contributed by atoms with van der Waals surface area (Å²) in [6.07, 6.45) is 17.9. The maximum absolute atomic E-state index is 2.51. The molecule has 1 heterocycles. The predicted molar refractivity (Wildman–Crippen MR) is 107 cm³/mol. The summed E-state index contributed by atoms with van der Waals surface area (Å²) in [7, 11) is 0. The van der Waals surface area contributed by atoms with Crippen molar-refractivity contribution in [3.05, 3.63) is 54.1 Å². The number of aromatic nitrogens is 2. The molecular formula is C23H37N2+. The van der Waals surface area contributed by atoms with E-state index in [-0.39, 0.29) is 0 Å². The van der Waals surface area contributed by atoms with Crippen LogP contribution < -0.4 is 4.57 Å². The maximum Gasteiger partial charge on any atom is 0.256 e. The zero-order chi connectivity index (χ0) is 17.7. The molecule has 0 aliphatic rings. The standard InChI is InChI=1S/C23H37N2/c1-3-5-7-9-13-17-23-24(18-14-8-6-4-2)19-20-25(23)21-22-15-11-10-12-16-22/h10-12,15-16,19-20H,3-9,13-14,17-18,21H2,1-2H3/q+1. The van der Waals surface area contributed by atoms with Gasteiger partial charge >= 0.3 is 0 Å². The Morgan fingerprint density at radius 3 is 2.20 bits per heavy atom. The van der Waals surface area contributed by atoms with Crippen LogP contribution in [-0.4, -0.2) is 4.57 Å². The second-order valence-corrected chi connectivity index (χ2v) is 7.25. The molecule has 0 saturated heterocycles. The lowest BCUT2D eigenvalue weighted by Gasteiger charge is -2.06. The Labute approximate surface area is 154 Å². The van der Waals surface area contributed by atoms with Crippen LogP contribution in [0.25, 0.3) is 0 Å². The van der Waals surface area contributed by atoms with Gasteiger partial charge in [0.25, 0.3) is 5.82 Å². The summed E-state index contributed by atoms with van der Waals surface area (Å²) in [4.78, 5) is 0. The molecule has 0 atom stereocenters. The summed E-state index contributed by atoms with van der Waals surface area (Å²) in [5, 5.41) is 0. The van der Waals surface area contributed by atoms with Gasteiger partial charge < -0.3 is 0 Å².